The fraction of sp³-hybridized carbons (Fsp3) is 1.00. The third kappa shape index (κ3) is 144. The van der Waals surface area contributed by atoms with Crippen molar-refractivity contribution in [2.75, 3.05) is 52.4 Å². The normalized spacial score (nSPS) is 16.8. The molecular formula is C8H32Cl4N4O20. The molecule has 0 aromatic heterocycles. The monoisotopic (exact) mass is 644 g/mol. The highest BCUT2D eigenvalue weighted by Gasteiger charge is 2.21. The third-order valence-corrected chi connectivity index (χ3v) is 2.72. The summed E-state index contributed by atoms with van der Waals surface area (Å²) in [5.41, 5.74) is 7.80. The van der Waals surface area contributed by atoms with Crippen LogP contribution in [0.15, 0.2) is 0 Å². The lowest BCUT2D eigenvalue weighted by Crippen LogP contribution is -3.29. The first kappa shape index (κ1) is 56.4. The molecule has 0 amide bonds. The molecule has 1 fully saturated rings. The van der Waals surface area contributed by atoms with E-state index >= 15 is 0 Å². The summed E-state index contributed by atoms with van der Waals surface area (Å²) in [4.78, 5) is 3.50. The standard InChI is InChI=1S/C8H20N4.4ClHO4.4H2O/c9-1-3-11-5-7-12(4-2-10)8-6-11;4*2-1(3,4)5;;;;/h1-10H2;4*(H,2,3,4,5);4*1H2. The van der Waals surface area contributed by atoms with E-state index in [4.69, 9.17) is 74.5 Å². The van der Waals surface area contributed by atoms with Gasteiger partial charge in [0.05, 0.1) is 0 Å². The molecule has 1 rings (SSSR count). The maximum Gasteiger partial charge on any atom is 0.127 e. The summed E-state index contributed by atoms with van der Waals surface area (Å²) in [5.74, 6) is 0. The van der Waals surface area contributed by atoms with Crippen molar-refractivity contribution in [1.29, 1.82) is 0 Å². The van der Waals surface area contributed by atoms with E-state index in [-0.39, 0.29) is 21.9 Å². The molecule has 0 atom stereocenters. The highest BCUT2D eigenvalue weighted by Crippen LogP contribution is 1.57. The fourth-order valence-electron chi connectivity index (χ4n) is 1.96. The van der Waals surface area contributed by atoms with E-state index in [0.717, 1.165) is 13.1 Å². The third-order valence-electron chi connectivity index (χ3n) is 2.72. The Labute approximate surface area is 211 Å². The molecule has 232 valence electrons. The van der Waals surface area contributed by atoms with Gasteiger partial charge in [-0.15, -0.1) is 41.0 Å². The molecule has 0 bridgehead atoms. The molecule has 0 aliphatic carbocycles. The van der Waals surface area contributed by atoms with Crippen molar-refractivity contribution in [3.63, 3.8) is 0 Å². The first-order chi connectivity index (χ1) is 13.9. The highest BCUT2D eigenvalue weighted by atomic mass is 35.7. The number of piperazine rings is 1. The van der Waals surface area contributed by atoms with Crippen LogP contribution >= 0.6 is 0 Å². The minimum atomic E-state index is -4.94. The number of hydrogen-bond donors (Lipinski definition) is 4. The summed E-state index contributed by atoms with van der Waals surface area (Å²) < 4.78 is 136. The zero-order valence-corrected chi connectivity index (χ0v) is 21.1. The van der Waals surface area contributed by atoms with Crippen LogP contribution in [0.5, 0.6) is 0 Å². The molecule has 0 spiro atoms. The largest absolute Gasteiger partial charge is 0.412 e. The van der Waals surface area contributed by atoms with E-state index in [1.807, 2.05) is 0 Å². The predicted molar refractivity (Wildman–Crippen MR) is 61.1 cm³/mol. The first-order valence-electron chi connectivity index (χ1n) is 7.59. The van der Waals surface area contributed by atoms with Crippen LogP contribution in [-0.4, -0.2) is 74.3 Å². The zero-order chi connectivity index (χ0) is 26.8. The fourth-order valence-corrected chi connectivity index (χ4v) is 1.96. The molecule has 0 unspecified atom stereocenters. The predicted octanol–water partition coefficient (Wildman–Crippen LogP) is -28.1. The SMILES string of the molecule is O.O.O.O.[NH3+]CC[NH+]1CC[NH+](CC[NH3+])CC1.[O-][Cl+3]([O-])([O-])[O-].[O-][Cl+3]([O-])([O-])[O-].[O-][Cl+3]([O-])([O-])[O-].[O-][Cl+3]([O-])([O-])[O-]. The van der Waals surface area contributed by atoms with Crippen LogP contribution in [0.25, 0.3) is 0 Å². The summed E-state index contributed by atoms with van der Waals surface area (Å²) >= 11 is 0. The summed E-state index contributed by atoms with van der Waals surface area (Å²) in [6.07, 6.45) is 0. The van der Waals surface area contributed by atoms with Gasteiger partial charge >= 0.3 is 0 Å². The van der Waals surface area contributed by atoms with Gasteiger partial charge in [-0.05, 0) is 0 Å². The molecule has 1 aliphatic heterocycles. The Morgan fingerprint density at radius 3 is 0.583 bits per heavy atom. The Kier molecular flexibility index (Phi) is 44.2. The van der Waals surface area contributed by atoms with Gasteiger partial charge in [0, 0.05) is 0 Å². The van der Waals surface area contributed by atoms with E-state index in [1.54, 1.807) is 9.80 Å². The first-order valence-corrected chi connectivity index (χ1v) is 12.5. The Morgan fingerprint density at radius 1 is 0.389 bits per heavy atom. The van der Waals surface area contributed by atoms with Crippen LogP contribution in [0, 0.1) is 41.0 Å². The van der Waals surface area contributed by atoms with Gasteiger partial charge in [0.2, 0.25) is 0 Å². The quantitative estimate of drug-likeness (QED) is 0.220. The smallest absolute Gasteiger partial charge is 0.127 e. The summed E-state index contributed by atoms with van der Waals surface area (Å²) in [5, 5.41) is 0. The minimum Gasteiger partial charge on any atom is -0.412 e. The van der Waals surface area contributed by atoms with Crippen LogP contribution < -0.4 is 95.8 Å². The van der Waals surface area contributed by atoms with Crippen molar-refractivity contribution in [2.24, 2.45) is 0 Å². The Hall–Kier alpha value is 0.200. The molecule has 0 radical (unpaired) electrons. The van der Waals surface area contributed by atoms with Gasteiger partial charge in [0.1, 0.15) is 52.4 Å². The molecule has 0 aromatic carbocycles. The van der Waals surface area contributed by atoms with Gasteiger partial charge in [-0.3, -0.25) is 0 Å². The van der Waals surface area contributed by atoms with Gasteiger partial charge in [-0.1, -0.05) is 0 Å². The lowest BCUT2D eigenvalue weighted by Gasteiger charge is -2.28. The van der Waals surface area contributed by atoms with Crippen molar-refractivity contribution in [2.45, 2.75) is 0 Å². The van der Waals surface area contributed by atoms with Crippen molar-refractivity contribution >= 4 is 0 Å². The molecule has 36 heavy (non-hydrogen) atoms. The van der Waals surface area contributed by atoms with Crippen molar-refractivity contribution in [1.82, 2.24) is 0 Å². The number of nitrogens with one attached hydrogen (secondary N) is 2. The molecule has 1 heterocycles. The number of rotatable bonds is 4. The van der Waals surface area contributed by atoms with Crippen LogP contribution in [0.1, 0.15) is 0 Å². The lowest BCUT2D eigenvalue weighted by atomic mass is 10.3. The average molecular weight is 646 g/mol. The van der Waals surface area contributed by atoms with E-state index in [0.29, 0.717) is 0 Å². The van der Waals surface area contributed by atoms with Gasteiger partial charge in [-0.25, -0.2) is 74.5 Å². The minimum absolute atomic E-state index is 0. The molecule has 0 saturated carbocycles. The molecule has 24 nitrogen and oxygen atoms in total. The molecule has 1 saturated heterocycles. The van der Waals surface area contributed by atoms with Crippen LogP contribution in [0.3, 0.4) is 0 Å². The topological polar surface area (TPSA) is 559 Å². The Balaban J connectivity index is -0.0000000474. The zero-order valence-electron chi connectivity index (χ0n) is 18.1. The van der Waals surface area contributed by atoms with E-state index in [1.165, 1.54) is 39.3 Å². The average Bonchev–Trinajstić information content (AvgIpc) is 2.43. The molecule has 1 aliphatic rings. The van der Waals surface area contributed by atoms with Gasteiger partial charge in [0.15, 0.2) is 0 Å². The second-order valence-electron chi connectivity index (χ2n) is 5.22. The van der Waals surface area contributed by atoms with E-state index < -0.39 is 41.0 Å². The van der Waals surface area contributed by atoms with Crippen molar-refractivity contribution in [3.05, 3.63) is 0 Å². The molecule has 16 N–H and O–H groups in total. The van der Waals surface area contributed by atoms with E-state index in [9.17, 15) is 0 Å². The second kappa shape index (κ2) is 28.2. The van der Waals surface area contributed by atoms with Crippen molar-refractivity contribution in [3.8, 4) is 0 Å². The maximum absolute atomic E-state index is 8.49. The Bertz CT molecular complexity index is 326. The maximum atomic E-state index is 8.49. The summed E-state index contributed by atoms with van der Waals surface area (Å²) in [6.45, 7) is 10.0. The summed E-state index contributed by atoms with van der Waals surface area (Å²) in [7, 11) is -19.8. The van der Waals surface area contributed by atoms with Crippen molar-refractivity contribution < 1.29 is 159 Å². The van der Waals surface area contributed by atoms with Gasteiger partial charge in [-0.2, -0.15) is 0 Å². The molecule has 0 aromatic rings. The number of halogens is 4. The second-order valence-corrected chi connectivity index (χ2v) is 8.24. The Morgan fingerprint density at radius 2 is 0.500 bits per heavy atom. The number of hydrogen-bond acceptors (Lipinski definition) is 16. The van der Waals surface area contributed by atoms with Gasteiger partial charge in [0.25, 0.3) is 0 Å². The summed E-state index contributed by atoms with van der Waals surface area (Å²) in [6, 6.07) is 0. The van der Waals surface area contributed by atoms with Crippen LogP contribution in [-0.2, 0) is 0 Å². The van der Waals surface area contributed by atoms with Crippen LogP contribution in [0.4, 0.5) is 0 Å². The number of quaternary nitrogens is 4. The van der Waals surface area contributed by atoms with E-state index in [2.05, 4.69) is 11.5 Å². The van der Waals surface area contributed by atoms with Gasteiger partial charge < -0.3 is 43.2 Å². The molecular weight excluding hydrogens is 614 g/mol. The lowest BCUT2D eigenvalue weighted by molar-refractivity contribution is -2.00. The highest BCUT2D eigenvalue weighted by molar-refractivity contribution is 4.38. The molecule has 28 heteroatoms. The van der Waals surface area contributed by atoms with Crippen LogP contribution in [0.2, 0.25) is 0 Å².